The highest BCUT2D eigenvalue weighted by molar-refractivity contribution is 7.26. The van der Waals surface area contributed by atoms with Gasteiger partial charge >= 0.3 is 0 Å². The monoisotopic (exact) mass is 719 g/mol. The lowest BCUT2D eigenvalue weighted by molar-refractivity contribution is 0.669. The Hall–Kier alpha value is -6.94. The van der Waals surface area contributed by atoms with Crippen molar-refractivity contribution in [3.63, 3.8) is 0 Å². The second-order valence-corrected chi connectivity index (χ2v) is 15.2. The average molecular weight is 720 g/mol. The Morgan fingerprint density at radius 1 is 0.345 bits per heavy atom. The maximum Gasteiger partial charge on any atom is 0.135 e. The van der Waals surface area contributed by atoms with Gasteiger partial charge in [-0.05, 0) is 111 Å². The quantitative estimate of drug-likeness (QED) is 0.170. The summed E-state index contributed by atoms with van der Waals surface area (Å²) in [5.74, 6) is 0. The van der Waals surface area contributed by atoms with Gasteiger partial charge in [-0.2, -0.15) is 0 Å². The smallest absolute Gasteiger partial charge is 0.135 e. The molecule has 11 aromatic rings. The van der Waals surface area contributed by atoms with Crippen molar-refractivity contribution in [1.29, 1.82) is 0 Å². The molecule has 2 nitrogen and oxygen atoms in total. The highest BCUT2D eigenvalue weighted by atomic mass is 32.1. The Morgan fingerprint density at radius 3 is 1.78 bits per heavy atom. The van der Waals surface area contributed by atoms with Gasteiger partial charge < -0.3 is 9.32 Å². The predicted molar refractivity (Wildman–Crippen MR) is 235 cm³/mol. The Kier molecular flexibility index (Phi) is 7.39. The van der Waals surface area contributed by atoms with Gasteiger partial charge in [-0.3, -0.25) is 0 Å². The third-order valence-corrected chi connectivity index (χ3v) is 12.0. The third kappa shape index (κ3) is 5.48. The van der Waals surface area contributed by atoms with E-state index < -0.39 is 0 Å². The van der Waals surface area contributed by atoms with Crippen LogP contribution in [0.4, 0.5) is 17.1 Å². The van der Waals surface area contributed by atoms with Crippen LogP contribution in [-0.2, 0) is 0 Å². The van der Waals surface area contributed by atoms with Crippen LogP contribution in [0.15, 0.2) is 205 Å². The Bertz CT molecular complexity index is 3240. The van der Waals surface area contributed by atoms with Gasteiger partial charge in [0.1, 0.15) is 11.2 Å². The number of thiophene rings is 1. The third-order valence-electron chi connectivity index (χ3n) is 10.8. The Balaban J connectivity index is 1.05. The molecule has 0 saturated carbocycles. The molecule has 0 aliphatic rings. The molecule has 0 spiro atoms. The SMILES string of the molecule is c1cc(-c2cccc(N(c3cccc(-c4ccc5ccccc5c4)c3)c3ccc4oc5ccccc5c4c3)c2)cc(-c2cccc3c2sc2ccccc23)c1. The van der Waals surface area contributed by atoms with Gasteiger partial charge in [0.05, 0.1) is 0 Å². The fourth-order valence-corrected chi connectivity index (χ4v) is 9.40. The molecule has 2 aromatic heterocycles. The lowest BCUT2D eigenvalue weighted by Gasteiger charge is -2.26. The molecule has 3 heteroatoms. The van der Waals surface area contributed by atoms with E-state index in [-0.39, 0.29) is 0 Å². The van der Waals surface area contributed by atoms with E-state index in [2.05, 4.69) is 193 Å². The minimum atomic E-state index is 0.883. The molecule has 2 heterocycles. The van der Waals surface area contributed by atoms with E-state index in [1.165, 1.54) is 58.8 Å². The summed E-state index contributed by atoms with van der Waals surface area (Å²) in [6.45, 7) is 0. The number of furan rings is 1. The number of hydrogen-bond acceptors (Lipinski definition) is 3. The normalized spacial score (nSPS) is 11.6. The summed E-state index contributed by atoms with van der Waals surface area (Å²) >= 11 is 1.87. The maximum atomic E-state index is 6.26. The van der Waals surface area contributed by atoms with Crippen molar-refractivity contribution in [1.82, 2.24) is 0 Å². The van der Waals surface area contributed by atoms with E-state index in [0.29, 0.717) is 0 Å². The standard InChI is InChI=1S/C52H33NOS/c1-2-12-35-29-39(26-25-34(35)11-1)38-15-9-18-42(32-38)53(43-27-28-50-48(33-43)45-19-3-5-23-49(45)54-50)41-17-8-14-37(31-41)36-13-7-16-40(30-36)44-21-10-22-47-46-20-4-6-24-51(46)55-52(44)47/h1-33H. The predicted octanol–water partition coefficient (Wildman–Crippen LogP) is 15.6. The zero-order valence-electron chi connectivity index (χ0n) is 29.8. The molecular formula is C52H33NOS. The first-order chi connectivity index (χ1) is 27.2. The molecule has 258 valence electrons. The molecular weight excluding hydrogens is 687 g/mol. The molecule has 0 atom stereocenters. The van der Waals surface area contributed by atoms with Crippen LogP contribution >= 0.6 is 11.3 Å². The van der Waals surface area contributed by atoms with Crippen molar-refractivity contribution in [3.05, 3.63) is 200 Å². The van der Waals surface area contributed by atoms with Crippen LogP contribution in [0.1, 0.15) is 0 Å². The summed E-state index contributed by atoms with van der Waals surface area (Å²) in [4.78, 5) is 2.37. The summed E-state index contributed by atoms with van der Waals surface area (Å²) in [7, 11) is 0. The fourth-order valence-electron chi connectivity index (χ4n) is 8.16. The highest BCUT2D eigenvalue weighted by Gasteiger charge is 2.18. The van der Waals surface area contributed by atoms with Crippen LogP contribution < -0.4 is 4.90 Å². The first-order valence-electron chi connectivity index (χ1n) is 18.7. The lowest BCUT2D eigenvalue weighted by Crippen LogP contribution is -2.10. The molecule has 9 aromatic carbocycles. The van der Waals surface area contributed by atoms with Crippen molar-refractivity contribution in [3.8, 4) is 33.4 Å². The van der Waals surface area contributed by atoms with Crippen molar-refractivity contribution < 1.29 is 4.42 Å². The minimum absolute atomic E-state index is 0.883. The van der Waals surface area contributed by atoms with Crippen LogP contribution in [0.2, 0.25) is 0 Å². The Morgan fingerprint density at radius 2 is 0.945 bits per heavy atom. The van der Waals surface area contributed by atoms with Gasteiger partial charge in [0.15, 0.2) is 0 Å². The largest absolute Gasteiger partial charge is 0.456 e. The van der Waals surface area contributed by atoms with E-state index in [4.69, 9.17) is 4.42 Å². The Labute approximate surface area is 322 Å². The molecule has 0 aliphatic carbocycles. The summed E-state index contributed by atoms with van der Waals surface area (Å²) in [6.07, 6.45) is 0. The number of benzene rings is 9. The molecule has 0 unspecified atom stereocenters. The molecule has 0 fully saturated rings. The van der Waals surface area contributed by atoms with Crippen molar-refractivity contribution in [2.75, 3.05) is 4.90 Å². The van der Waals surface area contributed by atoms with E-state index in [1.54, 1.807) is 0 Å². The van der Waals surface area contributed by atoms with Gasteiger partial charge in [0.25, 0.3) is 0 Å². The number of anilines is 3. The molecule has 55 heavy (non-hydrogen) atoms. The summed E-state index contributed by atoms with van der Waals surface area (Å²) in [5.41, 5.74) is 12.2. The second kappa shape index (κ2) is 12.9. The summed E-state index contributed by atoms with van der Waals surface area (Å²) in [6, 6.07) is 72.3. The van der Waals surface area contributed by atoms with Crippen molar-refractivity contribution in [2.24, 2.45) is 0 Å². The average Bonchev–Trinajstić information content (AvgIpc) is 3.82. The molecule has 0 amide bonds. The highest BCUT2D eigenvalue weighted by Crippen LogP contribution is 2.43. The first-order valence-corrected chi connectivity index (χ1v) is 19.5. The second-order valence-electron chi connectivity index (χ2n) is 14.1. The van der Waals surface area contributed by atoms with Gasteiger partial charge in [-0.25, -0.2) is 0 Å². The number of nitrogens with zero attached hydrogens (tertiary/aromatic N) is 1. The van der Waals surface area contributed by atoms with Crippen LogP contribution in [0.5, 0.6) is 0 Å². The van der Waals surface area contributed by atoms with E-state index in [9.17, 15) is 0 Å². The summed E-state index contributed by atoms with van der Waals surface area (Å²) < 4.78 is 8.91. The lowest BCUT2D eigenvalue weighted by atomic mass is 9.97. The molecule has 0 aliphatic heterocycles. The molecule has 0 N–H and O–H groups in total. The topological polar surface area (TPSA) is 16.4 Å². The van der Waals surface area contributed by atoms with Crippen molar-refractivity contribution >= 4 is 81.3 Å². The fraction of sp³-hybridized carbons (Fsp3) is 0. The zero-order valence-corrected chi connectivity index (χ0v) is 30.6. The molecule has 11 rings (SSSR count). The van der Waals surface area contributed by atoms with Crippen LogP contribution in [0.3, 0.4) is 0 Å². The number of rotatable bonds is 6. The zero-order chi connectivity index (χ0) is 36.3. The first kappa shape index (κ1) is 31.6. The van der Waals surface area contributed by atoms with E-state index in [0.717, 1.165) is 44.6 Å². The van der Waals surface area contributed by atoms with Gasteiger partial charge in [0, 0.05) is 48.0 Å². The maximum absolute atomic E-state index is 6.26. The van der Waals surface area contributed by atoms with Crippen LogP contribution in [0, 0.1) is 0 Å². The van der Waals surface area contributed by atoms with Gasteiger partial charge in [-0.1, -0.05) is 133 Å². The van der Waals surface area contributed by atoms with Crippen LogP contribution in [-0.4, -0.2) is 0 Å². The molecule has 0 radical (unpaired) electrons. The van der Waals surface area contributed by atoms with Gasteiger partial charge in [0.2, 0.25) is 0 Å². The van der Waals surface area contributed by atoms with E-state index in [1.807, 2.05) is 23.5 Å². The van der Waals surface area contributed by atoms with Crippen LogP contribution in [0.25, 0.3) is 86.3 Å². The number of para-hydroxylation sites is 1. The van der Waals surface area contributed by atoms with Crippen molar-refractivity contribution in [2.45, 2.75) is 0 Å². The van der Waals surface area contributed by atoms with Gasteiger partial charge in [-0.15, -0.1) is 11.3 Å². The molecule has 0 bridgehead atoms. The molecule has 0 saturated heterocycles. The summed E-state index contributed by atoms with van der Waals surface area (Å²) in [5, 5.41) is 7.32. The number of hydrogen-bond donors (Lipinski definition) is 0. The number of fused-ring (bicyclic) bond motifs is 7. The minimum Gasteiger partial charge on any atom is -0.456 e. The van der Waals surface area contributed by atoms with E-state index >= 15 is 0 Å².